The number of H-pyrrole nitrogens is 1. The van der Waals surface area contributed by atoms with Crippen molar-refractivity contribution >= 4 is 11.9 Å². The molecule has 0 aliphatic rings. The first-order valence-electron chi connectivity index (χ1n) is 6.76. The molecule has 112 valence electrons. The zero-order valence-electron chi connectivity index (χ0n) is 13.0. The van der Waals surface area contributed by atoms with Gasteiger partial charge in [0.05, 0.1) is 0 Å². The molecule has 1 aromatic rings. The Kier molecular flexibility index (Phi) is 4.98. The minimum absolute atomic E-state index is 0.348. The van der Waals surface area contributed by atoms with E-state index in [0.29, 0.717) is 12.1 Å². The summed E-state index contributed by atoms with van der Waals surface area (Å²) in [5.74, 6) is -0.741. The molecule has 0 saturated heterocycles. The quantitative estimate of drug-likeness (QED) is 0.861. The third-order valence-electron chi connectivity index (χ3n) is 2.76. The fourth-order valence-corrected chi connectivity index (χ4v) is 2.04. The minimum atomic E-state index is -0.547. The predicted octanol–water partition coefficient (Wildman–Crippen LogP) is 3.16. The van der Waals surface area contributed by atoms with Crippen molar-refractivity contribution in [2.75, 3.05) is 0 Å². The Labute approximate surface area is 119 Å². The van der Waals surface area contributed by atoms with Crippen molar-refractivity contribution in [2.24, 2.45) is 0 Å². The Morgan fingerprint density at radius 3 is 2.40 bits per heavy atom. The smallest absolute Gasteiger partial charge is 0.355 e. The summed E-state index contributed by atoms with van der Waals surface area (Å²) in [6, 6.07) is 0. The van der Waals surface area contributed by atoms with E-state index in [0.717, 1.165) is 11.1 Å². The van der Waals surface area contributed by atoms with Crippen molar-refractivity contribution in [3.63, 3.8) is 0 Å². The zero-order valence-corrected chi connectivity index (χ0v) is 13.0. The number of rotatable bonds is 4. The van der Waals surface area contributed by atoms with Crippen LogP contribution in [-0.2, 0) is 20.7 Å². The lowest BCUT2D eigenvalue weighted by Crippen LogP contribution is -2.24. The number of aromatic nitrogens is 1. The summed E-state index contributed by atoms with van der Waals surface area (Å²) in [5.41, 5.74) is 1.52. The highest BCUT2D eigenvalue weighted by Crippen LogP contribution is 2.26. The van der Waals surface area contributed by atoms with E-state index in [1.807, 2.05) is 27.7 Å². The Morgan fingerprint density at radius 1 is 1.35 bits per heavy atom. The predicted molar refractivity (Wildman–Crippen MR) is 75.5 cm³/mol. The lowest BCUT2D eigenvalue weighted by molar-refractivity contribution is -0.145. The highest BCUT2D eigenvalue weighted by atomic mass is 16.6. The number of hydrogen-bond donors (Lipinski definition) is 1. The number of aromatic amines is 1. The minimum Gasteiger partial charge on any atom is -0.458 e. The Hall–Kier alpha value is -1.78. The molecule has 1 rings (SSSR count). The summed E-state index contributed by atoms with van der Waals surface area (Å²) >= 11 is 0. The highest BCUT2D eigenvalue weighted by Gasteiger charge is 2.25. The maximum atomic E-state index is 12.1. The van der Waals surface area contributed by atoms with Crippen LogP contribution in [0.15, 0.2) is 6.20 Å². The van der Waals surface area contributed by atoms with E-state index < -0.39 is 17.7 Å². The summed E-state index contributed by atoms with van der Waals surface area (Å²) in [6.45, 7) is 10.6. The SMILES string of the molecule is CCc1c(C(C)OC(C)=O)c[nH]c1C(=O)OC(C)(C)C. The molecule has 0 aliphatic carbocycles. The van der Waals surface area contributed by atoms with Crippen molar-refractivity contribution in [3.8, 4) is 0 Å². The van der Waals surface area contributed by atoms with E-state index in [1.165, 1.54) is 6.92 Å². The number of ether oxygens (including phenoxy) is 2. The van der Waals surface area contributed by atoms with Gasteiger partial charge in [0.15, 0.2) is 0 Å². The third-order valence-corrected chi connectivity index (χ3v) is 2.76. The Balaban J connectivity index is 3.03. The Bertz CT molecular complexity index is 496. The van der Waals surface area contributed by atoms with Gasteiger partial charge in [-0.05, 0) is 39.7 Å². The van der Waals surface area contributed by atoms with Gasteiger partial charge < -0.3 is 14.5 Å². The molecule has 1 atom stereocenters. The van der Waals surface area contributed by atoms with Crippen LogP contribution in [0.25, 0.3) is 0 Å². The molecule has 20 heavy (non-hydrogen) atoms. The molecule has 1 heterocycles. The van der Waals surface area contributed by atoms with E-state index in [9.17, 15) is 9.59 Å². The lowest BCUT2D eigenvalue weighted by atomic mass is 10.0. The fraction of sp³-hybridized carbons (Fsp3) is 0.600. The van der Waals surface area contributed by atoms with Crippen LogP contribution in [0.3, 0.4) is 0 Å². The zero-order chi connectivity index (χ0) is 15.5. The molecule has 0 amide bonds. The molecule has 0 radical (unpaired) electrons. The van der Waals surface area contributed by atoms with Gasteiger partial charge in [-0.15, -0.1) is 0 Å². The number of nitrogens with one attached hydrogen (secondary N) is 1. The van der Waals surface area contributed by atoms with E-state index in [2.05, 4.69) is 4.98 Å². The third kappa shape index (κ3) is 4.11. The van der Waals surface area contributed by atoms with Crippen LogP contribution < -0.4 is 0 Å². The summed E-state index contributed by atoms with van der Waals surface area (Å²) in [5, 5.41) is 0. The summed E-state index contributed by atoms with van der Waals surface area (Å²) in [7, 11) is 0. The average molecular weight is 281 g/mol. The van der Waals surface area contributed by atoms with E-state index >= 15 is 0 Å². The standard InChI is InChI=1S/C15H23NO4/c1-7-11-12(9(2)19-10(3)17)8-16-13(11)14(18)20-15(4,5)6/h8-9,16H,7H2,1-6H3. The van der Waals surface area contributed by atoms with E-state index in [1.54, 1.807) is 13.1 Å². The largest absolute Gasteiger partial charge is 0.458 e. The van der Waals surface area contributed by atoms with Crippen molar-refractivity contribution in [3.05, 3.63) is 23.0 Å². The molecular weight excluding hydrogens is 258 g/mol. The number of carbonyl (C=O) groups excluding carboxylic acids is 2. The molecule has 1 aromatic heterocycles. The topological polar surface area (TPSA) is 68.4 Å². The van der Waals surface area contributed by atoms with Crippen LogP contribution in [0.5, 0.6) is 0 Å². The van der Waals surface area contributed by atoms with Gasteiger partial charge in [-0.3, -0.25) is 4.79 Å². The second-order valence-corrected chi connectivity index (χ2v) is 5.70. The van der Waals surface area contributed by atoms with Gasteiger partial charge >= 0.3 is 11.9 Å². The second kappa shape index (κ2) is 6.11. The fourth-order valence-electron chi connectivity index (χ4n) is 2.04. The molecule has 0 bridgehead atoms. The maximum Gasteiger partial charge on any atom is 0.355 e. The first kappa shape index (κ1) is 16.3. The van der Waals surface area contributed by atoms with Gasteiger partial charge in [0.1, 0.15) is 17.4 Å². The van der Waals surface area contributed by atoms with Crippen LogP contribution in [0.4, 0.5) is 0 Å². The molecule has 0 aliphatic heterocycles. The van der Waals surface area contributed by atoms with Crippen molar-refractivity contribution in [1.82, 2.24) is 4.98 Å². The Morgan fingerprint density at radius 2 is 1.95 bits per heavy atom. The highest BCUT2D eigenvalue weighted by molar-refractivity contribution is 5.90. The van der Waals surface area contributed by atoms with Crippen LogP contribution in [-0.4, -0.2) is 22.5 Å². The van der Waals surface area contributed by atoms with Gasteiger partial charge in [0, 0.05) is 18.7 Å². The molecule has 1 N–H and O–H groups in total. The van der Waals surface area contributed by atoms with Crippen LogP contribution >= 0.6 is 0 Å². The van der Waals surface area contributed by atoms with Gasteiger partial charge in [-0.1, -0.05) is 6.92 Å². The normalized spacial score (nSPS) is 12.9. The molecule has 0 aromatic carbocycles. The van der Waals surface area contributed by atoms with Crippen LogP contribution in [0, 0.1) is 0 Å². The monoisotopic (exact) mass is 281 g/mol. The number of esters is 2. The summed E-state index contributed by atoms with van der Waals surface area (Å²) in [6.07, 6.45) is 1.96. The van der Waals surface area contributed by atoms with Gasteiger partial charge in [-0.2, -0.15) is 0 Å². The van der Waals surface area contributed by atoms with Crippen molar-refractivity contribution in [1.29, 1.82) is 0 Å². The average Bonchev–Trinajstić information content (AvgIpc) is 2.68. The first-order chi connectivity index (χ1) is 9.15. The molecule has 5 nitrogen and oxygen atoms in total. The summed E-state index contributed by atoms with van der Waals surface area (Å²) < 4.78 is 10.5. The molecule has 1 unspecified atom stereocenters. The van der Waals surface area contributed by atoms with Gasteiger partial charge in [0.2, 0.25) is 0 Å². The lowest BCUT2D eigenvalue weighted by Gasteiger charge is -2.19. The number of hydrogen-bond acceptors (Lipinski definition) is 4. The number of carbonyl (C=O) groups is 2. The molecule has 0 spiro atoms. The van der Waals surface area contributed by atoms with Gasteiger partial charge in [0.25, 0.3) is 0 Å². The molecule has 0 fully saturated rings. The molecule has 0 saturated carbocycles. The maximum absolute atomic E-state index is 12.1. The molecular formula is C15H23NO4. The second-order valence-electron chi connectivity index (χ2n) is 5.70. The van der Waals surface area contributed by atoms with E-state index in [-0.39, 0.29) is 5.97 Å². The van der Waals surface area contributed by atoms with Crippen LogP contribution in [0.1, 0.15) is 69.3 Å². The summed E-state index contributed by atoms with van der Waals surface area (Å²) in [4.78, 5) is 26.1. The van der Waals surface area contributed by atoms with Gasteiger partial charge in [-0.25, -0.2) is 4.79 Å². The first-order valence-corrected chi connectivity index (χ1v) is 6.76. The van der Waals surface area contributed by atoms with Crippen molar-refractivity contribution < 1.29 is 19.1 Å². The van der Waals surface area contributed by atoms with Crippen LogP contribution in [0.2, 0.25) is 0 Å². The molecule has 5 heteroatoms. The van der Waals surface area contributed by atoms with E-state index in [4.69, 9.17) is 9.47 Å². The van der Waals surface area contributed by atoms with Crippen molar-refractivity contribution in [2.45, 2.75) is 59.7 Å².